The van der Waals surface area contributed by atoms with Gasteiger partial charge in [-0.05, 0) is 19.4 Å². The molecule has 12 heavy (non-hydrogen) atoms. The Balaban J connectivity index is 0.000000561. The van der Waals surface area contributed by atoms with Gasteiger partial charge in [-0.15, -0.1) is 0 Å². The first-order valence-corrected chi connectivity index (χ1v) is 4.26. The van der Waals surface area contributed by atoms with Crippen LogP contribution in [0, 0.1) is 13.8 Å². The minimum atomic E-state index is 0.0726. The minimum Gasteiger partial charge on any atom is -0.390 e. The highest BCUT2D eigenvalue weighted by atomic mass is 16.3. The molecule has 1 heterocycles. The molecule has 0 bridgehead atoms. The van der Waals surface area contributed by atoms with Gasteiger partial charge in [-0.1, -0.05) is 13.8 Å². The predicted molar refractivity (Wildman–Crippen MR) is 50.0 cm³/mol. The van der Waals surface area contributed by atoms with E-state index < -0.39 is 0 Å². The second kappa shape index (κ2) is 4.93. The number of rotatable bonds is 1. The van der Waals surface area contributed by atoms with E-state index in [2.05, 4.69) is 5.10 Å². The third-order valence-electron chi connectivity index (χ3n) is 1.82. The molecular formula is C9H18N2O. The second-order valence-corrected chi connectivity index (χ2v) is 2.44. The quantitative estimate of drug-likeness (QED) is 0.694. The summed E-state index contributed by atoms with van der Waals surface area (Å²) in [6.07, 6.45) is 0. The zero-order valence-corrected chi connectivity index (χ0v) is 8.55. The van der Waals surface area contributed by atoms with Crippen LogP contribution in [0.4, 0.5) is 0 Å². The highest BCUT2D eigenvalue weighted by Gasteiger charge is 2.05. The summed E-state index contributed by atoms with van der Waals surface area (Å²) in [6.45, 7) is 7.98. The molecule has 0 atom stereocenters. The van der Waals surface area contributed by atoms with Gasteiger partial charge in [0.15, 0.2) is 0 Å². The summed E-state index contributed by atoms with van der Waals surface area (Å²) >= 11 is 0. The van der Waals surface area contributed by atoms with E-state index in [1.54, 1.807) is 4.68 Å². The lowest BCUT2D eigenvalue weighted by molar-refractivity contribution is 0.270. The van der Waals surface area contributed by atoms with Crippen LogP contribution in [-0.4, -0.2) is 14.9 Å². The number of hydrogen-bond donors (Lipinski definition) is 1. The van der Waals surface area contributed by atoms with Crippen LogP contribution < -0.4 is 0 Å². The summed E-state index contributed by atoms with van der Waals surface area (Å²) in [6, 6.07) is 0. The molecule has 0 aliphatic heterocycles. The summed E-state index contributed by atoms with van der Waals surface area (Å²) in [5.74, 6) is 0. The Kier molecular flexibility index (Phi) is 4.59. The lowest BCUT2D eigenvalue weighted by atomic mass is 10.2. The first-order valence-electron chi connectivity index (χ1n) is 4.26. The monoisotopic (exact) mass is 170 g/mol. The zero-order chi connectivity index (χ0) is 9.72. The molecule has 0 aliphatic rings. The first kappa shape index (κ1) is 11.2. The normalized spacial score (nSPS) is 9.17. The maximum atomic E-state index is 8.85. The smallest absolute Gasteiger partial charge is 0.0852 e. The van der Waals surface area contributed by atoms with E-state index in [4.69, 9.17) is 5.11 Å². The van der Waals surface area contributed by atoms with Crippen molar-refractivity contribution in [2.24, 2.45) is 7.05 Å². The minimum absolute atomic E-state index is 0.0726. The van der Waals surface area contributed by atoms with Crippen LogP contribution >= 0.6 is 0 Å². The van der Waals surface area contributed by atoms with Gasteiger partial charge in [-0.25, -0.2) is 0 Å². The number of aryl methyl sites for hydroxylation is 2. The van der Waals surface area contributed by atoms with E-state index in [-0.39, 0.29) is 6.61 Å². The fourth-order valence-corrected chi connectivity index (χ4v) is 1.03. The maximum Gasteiger partial charge on any atom is 0.0852 e. The third kappa shape index (κ3) is 2.08. The Hall–Kier alpha value is -0.830. The van der Waals surface area contributed by atoms with Gasteiger partial charge >= 0.3 is 0 Å². The first-order chi connectivity index (χ1) is 5.66. The number of nitrogens with zero attached hydrogens (tertiary/aromatic N) is 2. The van der Waals surface area contributed by atoms with Crippen molar-refractivity contribution < 1.29 is 5.11 Å². The van der Waals surface area contributed by atoms with Crippen molar-refractivity contribution in [2.75, 3.05) is 0 Å². The van der Waals surface area contributed by atoms with E-state index in [1.165, 1.54) is 0 Å². The molecule has 1 rings (SSSR count). The van der Waals surface area contributed by atoms with Gasteiger partial charge in [0.05, 0.1) is 18.0 Å². The molecule has 0 fully saturated rings. The lowest BCUT2D eigenvalue weighted by Crippen LogP contribution is -1.98. The lowest BCUT2D eigenvalue weighted by Gasteiger charge is -1.95. The third-order valence-corrected chi connectivity index (χ3v) is 1.82. The summed E-state index contributed by atoms with van der Waals surface area (Å²) in [5, 5.41) is 13.0. The van der Waals surface area contributed by atoms with Crippen molar-refractivity contribution in [3.63, 3.8) is 0 Å². The van der Waals surface area contributed by atoms with Crippen LogP contribution in [0.1, 0.15) is 30.8 Å². The molecule has 1 N–H and O–H groups in total. The summed E-state index contributed by atoms with van der Waals surface area (Å²) < 4.78 is 1.71. The Bertz CT molecular complexity index is 241. The van der Waals surface area contributed by atoms with Crippen LogP contribution in [0.5, 0.6) is 0 Å². The highest BCUT2D eigenvalue weighted by Crippen LogP contribution is 2.09. The van der Waals surface area contributed by atoms with E-state index in [1.807, 2.05) is 34.7 Å². The SMILES string of the molecule is CC.Cc1nn(C)c(CO)c1C. The standard InChI is InChI=1S/C7H12N2O.C2H6/c1-5-6(2)8-9(3)7(5)4-10;1-2/h10H,4H2,1-3H3;1-2H3. The van der Waals surface area contributed by atoms with Crippen molar-refractivity contribution in [3.05, 3.63) is 17.0 Å². The fourth-order valence-electron chi connectivity index (χ4n) is 1.03. The van der Waals surface area contributed by atoms with E-state index in [0.29, 0.717) is 0 Å². The molecular weight excluding hydrogens is 152 g/mol. The van der Waals surface area contributed by atoms with Crippen molar-refractivity contribution >= 4 is 0 Å². The summed E-state index contributed by atoms with van der Waals surface area (Å²) in [5.41, 5.74) is 2.98. The topological polar surface area (TPSA) is 38.0 Å². The van der Waals surface area contributed by atoms with Gasteiger partial charge in [-0.3, -0.25) is 4.68 Å². The molecule has 70 valence electrons. The molecule has 0 spiro atoms. The molecule has 0 amide bonds. The summed E-state index contributed by atoms with van der Waals surface area (Å²) in [7, 11) is 1.84. The van der Waals surface area contributed by atoms with Gasteiger partial charge in [0.25, 0.3) is 0 Å². The van der Waals surface area contributed by atoms with E-state index in [0.717, 1.165) is 17.0 Å². The van der Waals surface area contributed by atoms with Gasteiger partial charge in [-0.2, -0.15) is 5.10 Å². The number of aliphatic hydroxyl groups is 1. The Morgan fingerprint density at radius 2 is 1.83 bits per heavy atom. The van der Waals surface area contributed by atoms with Crippen LogP contribution in [-0.2, 0) is 13.7 Å². The highest BCUT2D eigenvalue weighted by molar-refractivity contribution is 5.22. The fraction of sp³-hybridized carbons (Fsp3) is 0.667. The van der Waals surface area contributed by atoms with Gasteiger partial charge in [0, 0.05) is 7.05 Å². The van der Waals surface area contributed by atoms with Crippen molar-refractivity contribution in [1.29, 1.82) is 0 Å². The Labute approximate surface area is 74.0 Å². The van der Waals surface area contributed by atoms with Crippen LogP contribution in [0.3, 0.4) is 0 Å². The van der Waals surface area contributed by atoms with Gasteiger partial charge in [0.1, 0.15) is 0 Å². The van der Waals surface area contributed by atoms with Gasteiger partial charge < -0.3 is 5.11 Å². The Morgan fingerprint density at radius 3 is 2.00 bits per heavy atom. The molecule has 0 saturated heterocycles. The van der Waals surface area contributed by atoms with E-state index in [9.17, 15) is 0 Å². The van der Waals surface area contributed by atoms with Gasteiger partial charge in [0.2, 0.25) is 0 Å². The molecule has 0 aromatic carbocycles. The molecule has 0 radical (unpaired) electrons. The molecule has 1 aromatic rings. The molecule has 0 saturated carbocycles. The Morgan fingerprint density at radius 1 is 1.33 bits per heavy atom. The predicted octanol–water partition coefficient (Wildman–Crippen LogP) is 1.56. The number of aliphatic hydroxyl groups excluding tert-OH is 1. The average molecular weight is 170 g/mol. The maximum absolute atomic E-state index is 8.85. The van der Waals surface area contributed by atoms with E-state index >= 15 is 0 Å². The molecule has 0 unspecified atom stereocenters. The molecule has 1 aromatic heterocycles. The average Bonchev–Trinajstić information content (AvgIpc) is 2.31. The van der Waals surface area contributed by atoms with Crippen molar-refractivity contribution in [2.45, 2.75) is 34.3 Å². The zero-order valence-electron chi connectivity index (χ0n) is 8.55. The molecule has 0 aliphatic carbocycles. The van der Waals surface area contributed by atoms with Crippen LogP contribution in [0.25, 0.3) is 0 Å². The van der Waals surface area contributed by atoms with Crippen LogP contribution in [0.2, 0.25) is 0 Å². The molecule has 3 heteroatoms. The summed E-state index contributed by atoms with van der Waals surface area (Å²) in [4.78, 5) is 0. The number of hydrogen-bond acceptors (Lipinski definition) is 2. The van der Waals surface area contributed by atoms with Crippen molar-refractivity contribution in [1.82, 2.24) is 9.78 Å². The second-order valence-electron chi connectivity index (χ2n) is 2.44. The molecule has 3 nitrogen and oxygen atoms in total. The van der Waals surface area contributed by atoms with Crippen LogP contribution in [0.15, 0.2) is 0 Å². The number of aromatic nitrogens is 2. The largest absolute Gasteiger partial charge is 0.390 e. The van der Waals surface area contributed by atoms with Crippen molar-refractivity contribution in [3.8, 4) is 0 Å².